The highest BCUT2D eigenvalue weighted by atomic mass is 35.5. The molecule has 0 spiro atoms. The van der Waals surface area contributed by atoms with Gasteiger partial charge in [0.25, 0.3) is 5.91 Å². The van der Waals surface area contributed by atoms with Crippen molar-refractivity contribution in [1.82, 2.24) is 10.2 Å². The van der Waals surface area contributed by atoms with E-state index < -0.39 is 0 Å². The van der Waals surface area contributed by atoms with Gasteiger partial charge in [-0.05, 0) is 49.5 Å². The van der Waals surface area contributed by atoms with Crippen molar-refractivity contribution < 1.29 is 14.3 Å². The van der Waals surface area contributed by atoms with Crippen molar-refractivity contribution in [1.29, 1.82) is 0 Å². The van der Waals surface area contributed by atoms with Gasteiger partial charge in [0.1, 0.15) is 12.4 Å². The predicted molar refractivity (Wildman–Crippen MR) is 103 cm³/mol. The summed E-state index contributed by atoms with van der Waals surface area (Å²) in [6.07, 6.45) is 0. The molecule has 0 saturated carbocycles. The van der Waals surface area contributed by atoms with Gasteiger partial charge in [-0.25, -0.2) is 0 Å². The van der Waals surface area contributed by atoms with E-state index in [1.165, 1.54) is 0 Å². The number of hydrogen-bond donors (Lipinski definition) is 2. The Kier molecular flexibility index (Phi) is 7.44. The predicted octanol–water partition coefficient (Wildman–Crippen LogP) is 2.65. The Morgan fingerprint density at radius 3 is 2.58 bits per heavy atom. The first kappa shape index (κ1) is 19.8. The van der Waals surface area contributed by atoms with Gasteiger partial charge < -0.3 is 15.4 Å². The maximum absolute atomic E-state index is 12.1. The normalized spacial score (nSPS) is 10.5. The maximum Gasteiger partial charge on any atom is 0.251 e. The number of nitrogens with zero attached hydrogens (tertiary/aromatic N) is 1. The van der Waals surface area contributed by atoms with Gasteiger partial charge in [-0.15, -0.1) is 0 Å². The topological polar surface area (TPSA) is 70.7 Å². The molecule has 0 saturated heterocycles. The smallest absolute Gasteiger partial charge is 0.251 e. The van der Waals surface area contributed by atoms with E-state index in [0.717, 1.165) is 5.75 Å². The highest BCUT2D eigenvalue weighted by Crippen LogP contribution is 2.15. The molecule has 0 aromatic heterocycles. The zero-order valence-corrected chi connectivity index (χ0v) is 15.5. The number of nitrogens with one attached hydrogen (secondary N) is 2. The minimum Gasteiger partial charge on any atom is -0.492 e. The Bertz CT molecular complexity index is 750. The van der Waals surface area contributed by atoms with Gasteiger partial charge in [0.15, 0.2) is 0 Å². The summed E-state index contributed by atoms with van der Waals surface area (Å²) in [5.41, 5.74) is 1.08. The Balaban J connectivity index is 1.76. The lowest BCUT2D eigenvalue weighted by Crippen LogP contribution is -2.33. The van der Waals surface area contributed by atoms with Gasteiger partial charge in [0.05, 0.1) is 6.54 Å². The highest BCUT2D eigenvalue weighted by molar-refractivity contribution is 6.30. The van der Waals surface area contributed by atoms with Crippen molar-refractivity contribution >= 4 is 29.1 Å². The molecule has 26 heavy (non-hydrogen) atoms. The summed E-state index contributed by atoms with van der Waals surface area (Å²) in [6, 6.07) is 13.9. The van der Waals surface area contributed by atoms with Crippen LogP contribution in [0.15, 0.2) is 48.5 Å². The molecule has 0 aliphatic heterocycles. The van der Waals surface area contributed by atoms with Gasteiger partial charge in [0, 0.05) is 29.9 Å². The number of benzene rings is 2. The van der Waals surface area contributed by atoms with Crippen LogP contribution in [0.4, 0.5) is 5.69 Å². The minimum absolute atomic E-state index is 0.159. The van der Waals surface area contributed by atoms with E-state index in [4.69, 9.17) is 16.3 Å². The van der Waals surface area contributed by atoms with Crippen molar-refractivity contribution in [2.45, 2.75) is 0 Å². The number of carbonyl (C=O) groups is 2. The average molecular weight is 376 g/mol. The summed E-state index contributed by atoms with van der Waals surface area (Å²) in [5, 5.41) is 6.00. The van der Waals surface area contributed by atoms with Crippen LogP contribution < -0.4 is 15.4 Å². The molecule has 7 heteroatoms. The average Bonchev–Trinajstić information content (AvgIpc) is 2.62. The molecule has 2 rings (SSSR count). The van der Waals surface area contributed by atoms with Crippen LogP contribution in [0.5, 0.6) is 5.75 Å². The maximum atomic E-state index is 12.1. The molecule has 2 amide bonds. The molecule has 0 atom stereocenters. The van der Waals surface area contributed by atoms with E-state index in [2.05, 4.69) is 10.6 Å². The molecule has 0 unspecified atom stereocenters. The first-order chi connectivity index (χ1) is 12.5. The summed E-state index contributed by atoms with van der Waals surface area (Å²) < 4.78 is 5.61. The molecule has 0 bridgehead atoms. The van der Waals surface area contributed by atoms with E-state index in [1.54, 1.807) is 55.6 Å². The Morgan fingerprint density at radius 2 is 1.88 bits per heavy atom. The van der Waals surface area contributed by atoms with Gasteiger partial charge in [-0.3, -0.25) is 14.5 Å². The number of halogens is 1. The van der Waals surface area contributed by atoms with Crippen LogP contribution in [0.2, 0.25) is 5.02 Å². The lowest BCUT2D eigenvalue weighted by Gasteiger charge is -2.17. The molecule has 2 N–H and O–H groups in total. The van der Waals surface area contributed by atoms with Crippen molar-refractivity contribution in [2.24, 2.45) is 0 Å². The van der Waals surface area contributed by atoms with Crippen LogP contribution in [0.3, 0.4) is 0 Å². The van der Waals surface area contributed by atoms with Crippen LogP contribution in [0.1, 0.15) is 10.4 Å². The number of ether oxygens (including phenoxy) is 1. The van der Waals surface area contributed by atoms with Crippen molar-refractivity contribution in [3.05, 3.63) is 59.1 Å². The van der Waals surface area contributed by atoms with E-state index in [0.29, 0.717) is 29.4 Å². The fourth-order valence-electron chi connectivity index (χ4n) is 2.26. The van der Waals surface area contributed by atoms with Crippen LogP contribution in [0.25, 0.3) is 0 Å². The quantitative estimate of drug-likeness (QED) is 0.744. The number of hydrogen-bond acceptors (Lipinski definition) is 4. The molecular formula is C19H22ClN3O3. The molecular weight excluding hydrogens is 354 g/mol. The Labute approximate surface area is 158 Å². The molecule has 2 aromatic rings. The summed E-state index contributed by atoms with van der Waals surface area (Å²) >= 11 is 5.82. The summed E-state index contributed by atoms with van der Waals surface area (Å²) in [6.45, 7) is 1.26. The standard InChI is InChI=1S/C19H22ClN3O3/c1-21-19(25)14-4-3-5-16(12-14)22-18(24)13-23(2)10-11-26-17-8-6-15(20)7-9-17/h3-9,12H,10-11,13H2,1-2H3,(H,21,25)(H,22,24). The lowest BCUT2D eigenvalue weighted by molar-refractivity contribution is -0.117. The van der Waals surface area contributed by atoms with E-state index in [1.807, 2.05) is 11.9 Å². The molecule has 0 aliphatic carbocycles. The third kappa shape index (κ3) is 6.38. The van der Waals surface area contributed by atoms with Crippen LogP contribution in [0, 0.1) is 0 Å². The van der Waals surface area contributed by atoms with E-state index in [-0.39, 0.29) is 18.4 Å². The fourth-order valence-corrected chi connectivity index (χ4v) is 2.38. The summed E-state index contributed by atoms with van der Waals surface area (Å²) in [5.74, 6) is 0.379. The number of amides is 2. The fraction of sp³-hybridized carbons (Fsp3) is 0.263. The number of anilines is 1. The first-order valence-corrected chi connectivity index (χ1v) is 8.54. The molecule has 0 aliphatic rings. The number of rotatable bonds is 8. The van der Waals surface area contributed by atoms with Crippen molar-refractivity contribution in [3.8, 4) is 5.75 Å². The van der Waals surface area contributed by atoms with Gasteiger partial charge in [-0.2, -0.15) is 0 Å². The molecule has 0 heterocycles. The second-order valence-corrected chi connectivity index (χ2v) is 6.18. The summed E-state index contributed by atoms with van der Waals surface area (Å²) in [4.78, 5) is 25.6. The van der Waals surface area contributed by atoms with Crippen LogP contribution in [-0.4, -0.2) is 50.5 Å². The highest BCUT2D eigenvalue weighted by Gasteiger charge is 2.09. The Hall–Kier alpha value is -2.57. The largest absolute Gasteiger partial charge is 0.492 e. The number of carbonyl (C=O) groups excluding carboxylic acids is 2. The first-order valence-electron chi connectivity index (χ1n) is 8.17. The molecule has 6 nitrogen and oxygen atoms in total. The molecule has 2 aromatic carbocycles. The van der Waals surface area contributed by atoms with E-state index in [9.17, 15) is 9.59 Å². The van der Waals surface area contributed by atoms with E-state index >= 15 is 0 Å². The molecule has 0 radical (unpaired) electrons. The molecule has 0 fully saturated rings. The van der Waals surface area contributed by atoms with Crippen LogP contribution in [-0.2, 0) is 4.79 Å². The lowest BCUT2D eigenvalue weighted by atomic mass is 10.2. The monoisotopic (exact) mass is 375 g/mol. The molecule has 138 valence electrons. The third-order valence-electron chi connectivity index (χ3n) is 3.60. The summed E-state index contributed by atoms with van der Waals surface area (Å²) in [7, 11) is 3.40. The third-order valence-corrected chi connectivity index (χ3v) is 3.86. The van der Waals surface area contributed by atoms with Crippen molar-refractivity contribution in [3.63, 3.8) is 0 Å². The Morgan fingerprint density at radius 1 is 1.15 bits per heavy atom. The zero-order valence-electron chi connectivity index (χ0n) is 14.8. The van der Waals surface area contributed by atoms with Gasteiger partial charge in [-0.1, -0.05) is 17.7 Å². The second-order valence-electron chi connectivity index (χ2n) is 5.75. The van der Waals surface area contributed by atoms with Gasteiger partial charge in [0.2, 0.25) is 5.91 Å². The number of likely N-dealkylation sites (N-methyl/N-ethyl adjacent to an activating group) is 1. The van der Waals surface area contributed by atoms with Gasteiger partial charge >= 0.3 is 0 Å². The van der Waals surface area contributed by atoms with Crippen LogP contribution >= 0.6 is 11.6 Å². The second kappa shape index (κ2) is 9.79. The SMILES string of the molecule is CNC(=O)c1cccc(NC(=O)CN(C)CCOc2ccc(Cl)cc2)c1. The van der Waals surface area contributed by atoms with Crippen molar-refractivity contribution in [2.75, 3.05) is 39.1 Å². The zero-order chi connectivity index (χ0) is 18.9. The minimum atomic E-state index is -0.197.